The minimum absolute atomic E-state index is 0.180. The van der Waals surface area contributed by atoms with E-state index in [1.54, 1.807) is 0 Å². The third kappa shape index (κ3) is 3.34. The monoisotopic (exact) mass is 200 g/mol. The topological polar surface area (TPSA) is 17.1 Å². The first-order valence-electron chi connectivity index (χ1n) is 5.22. The third-order valence-electron chi connectivity index (χ3n) is 2.65. The summed E-state index contributed by atoms with van der Waals surface area (Å²) in [5.74, 6) is 2.01. The SMILES string of the molecule is CCCC1CCSC(C)(C)CC1=O. The molecule has 1 fully saturated rings. The summed E-state index contributed by atoms with van der Waals surface area (Å²) in [6, 6.07) is 0. The van der Waals surface area contributed by atoms with Crippen LogP contribution in [0.2, 0.25) is 0 Å². The van der Waals surface area contributed by atoms with E-state index in [-0.39, 0.29) is 4.75 Å². The Morgan fingerprint density at radius 1 is 1.54 bits per heavy atom. The lowest BCUT2D eigenvalue weighted by Crippen LogP contribution is -2.21. The van der Waals surface area contributed by atoms with Crippen molar-refractivity contribution in [2.45, 2.75) is 51.2 Å². The molecule has 0 aromatic heterocycles. The molecule has 0 aromatic carbocycles. The third-order valence-corrected chi connectivity index (χ3v) is 4.02. The van der Waals surface area contributed by atoms with Crippen molar-refractivity contribution >= 4 is 17.5 Å². The fourth-order valence-electron chi connectivity index (χ4n) is 1.91. The van der Waals surface area contributed by atoms with Crippen molar-refractivity contribution in [1.82, 2.24) is 0 Å². The van der Waals surface area contributed by atoms with E-state index in [9.17, 15) is 4.79 Å². The van der Waals surface area contributed by atoms with Crippen LogP contribution < -0.4 is 0 Å². The number of carbonyl (C=O) groups is 1. The Morgan fingerprint density at radius 2 is 2.23 bits per heavy atom. The Balaban J connectivity index is 2.57. The zero-order chi connectivity index (χ0) is 9.90. The number of carbonyl (C=O) groups excluding carboxylic acids is 1. The van der Waals surface area contributed by atoms with Crippen LogP contribution in [0, 0.1) is 5.92 Å². The molecule has 0 saturated carbocycles. The molecule has 1 heterocycles. The van der Waals surface area contributed by atoms with Crippen LogP contribution in [0.15, 0.2) is 0 Å². The minimum Gasteiger partial charge on any atom is -0.299 e. The van der Waals surface area contributed by atoms with E-state index >= 15 is 0 Å². The molecule has 0 spiro atoms. The molecule has 0 radical (unpaired) electrons. The van der Waals surface area contributed by atoms with Gasteiger partial charge >= 0.3 is 0 Å². The van der Waals surface area contributed by atoms with Gasteiger partial charge in [-0.3, -0.25) is 4.79 Å². The first-order chi connectivity index (χ1) is 6.05. The smallest absolute Gasteiger partial charge is 0.137 e. The normalized spacial score (nSPS) is 28.5. The molecule has 1 unspecified atom stereocenters. The summed E-state index contributed by atoms with van der Waals surface area (Å²) in [7, 11) is 0. The van der Waals surface area contributed by atoms with Gasteiger partial charge in [0.15, 0.2) is 0 Å². The van der Waals surface area contributed by atoms with Gasteiger partial charge in [0.25, 0.3) is 0 Å². The summed E-state index contributed by atoms with van der Waals surface area (Å²) in [5, 5.41) is 0. The van der Waals surface area contributed by atoms with Crippen LogP contribution in [-0.4, -0.2) is 16.3 Å². The lowest BCUT2D eigenvalue weighted by Gasteiger charge is -2.20. The van der Waals surface area contributed by atoms with Gasteiger partial charge in [-0.1, -0.05) is 27.2 Å². The second-order valence-corrected chi connectivity index (χ2v) is 6.33. The van der Waals surface area contributed by atoms with Crippen molar-refractivity contribution in [2.75, 3.05) is 5.75 Å². The van der Waals surface area contributed by atoms with E-state index in [4.69, 9.17) is 0 Å². The molecule has 13 heavy (non-hydrogen) atoms. The summed E-state index contributed by atoms with van der Waals surface area (Å²) in [5.41, 5.74) is 0. The van der Waals surface area contributed by atoms with Crippen molar-refractivity contribution in [1.29, 1.82) is 0 Å². The largest absolute Gasteiger partial charge is 0.299 e. The Hall–Kier alpha value is 0.0200. The zero-order valence-electron chi connectivity index (χ0n) is 8.93. The van der Waals surface area contributed by atoms with Crippen molar-refractivity contribution in [3.63, 3.8) is 0 Å². The fraction of sp³-hybridized carbons (Fsp3) is 0.909. The van der Waals surface area contributed by atoms with Crippen molar-refractivity contribution in [2.24, 2.45) is 5.92 Å². The van der Waals surface area contributed by atoms with E-state index in [2.05, 4.69) is 20.8 Å². The second-order valence-electron chi connectivity index (χ2n) is 4.53. The second kappa shape index (κ2) is 4.50. The Labute approximate surface area is 85.7 Å². The number of rotatable bonds is 2. The minimum atomic E-state index is 0.180. The van der Waals surface area contributed by atoms with Crippen LogP contribution in [0.25, 0.3) is 0 Å². The van der Waals surface area contributed by atoms with Gasteiger partial charge in [0.05, 0.1) is 0 Å². The highest BCUT2D eigenvalue weighted by molar-refractivity contribution is 8.00. The Bertz CT molecular complexity index is 187. The van der Waals surface area contributed by atoms with E-state index in [1.165, 1.54) is 0 Å². The lowest BCUT2D eigenvalue weighted by atomic mass is 9.91. The quantitative estimate of drug-likeness (QED) is 0.680. The standard InChI is InChI=1S/C11H20OS/c1-4-5-9-6-7-13-11(2,3)8-10(9)12/h9H,4-8H2,1-3H3. The number of ketones is 1. The van der Waals surface area contributed by atoms with Gasteiger partial charge in [0.1, 0.15) is 5.78 Å². The van der Waals surface area contributed by atoms with Gasteiger partial charge in [0, 0.05) is 17.1 Å². The molecule has 76 valence electrons. The molecule has 1 saturated heterocycles. The summed E-state index contributed by atoms with van der Waals surface area (Å²) in [6.45, 7) is 6.53. The maximum absolute atomic E-state index is 11.8. The number of hydrogen-bond acceptors (Lipinski definition) is 2. The molecule has 1 nitrogen and oxygen atoms in total. The van der Waals surface area contributed by atoms with Crippen LogP contribution in [-0.2, 0) is 4.79 Å². The molecule has 0 amide bonds. The van der Waals surface area contributed by atoms with E-state index in [0.717, 1.165) is 31.4 Å². The first kappa shape index (κ1) is 11.1. The van der Waals surface area contributed by atoms with Crippen molar-refractivity contribution < 1.29 is 4.79 Å². The summed E-state index contributed by atoms with van der Waals surface area (Å²) < 4.78 is 0.180. The molecule has 1 rings (SSSR count). The van der Waals surface area contributed by atoms with Crippen LogP contribution in [0.5, 0.6) is 0 Å². The average molecular weight is 200 g/mol. The molecule has 1 aliphatic heterocycles. The number of Topliss-reactive ketones (excluding diaryl/α,β-unsaturated/α-hetero) is 1. The molecule has 0 aromatic rings. The Morgan fingerprint density at radius 3 is 2.85 bits per heavy atom. The van der Waals surface area contributed by atoms with Crippen LogP contribution >= 0.6 is 11.8 Å². The molecule has 2 heteroatoms. The molecule has 0 aliphatic carbocycles. The van der Waals surface area contributed by atoms with E-state index in [1.807, 2.05) is 11.8 Å². The molecule has 1 atom stereocenters. The summed E-state index contributed by atoms with van der Waals surface area (Å²) >= 11 is 1.95. The molecule has 0 bridgehead atoms. The highest BCUT2D eigenvalue weighted by atomic mass is 32.2. The van der Waals surface area contributed by atoms with Crippen molar-refractivity contribution in [3.8, 4) is 0 Å². The summed E-state index contributed by atoms with van der Waals surface area (Å²) in [6.07, 6.45) is 4.10. The average Bonchev–Trinajstić information content (AvgIpc) is 2.11. The molecule has 0 N–H and O–H groups in total. The molecular weight excluding hydrogens is 180 g/mol. The van der Waals surface area contributed by atoms with Gasteiger partial charge < -0.3 is 0 Å². The Kier molecular flexibility index (Phi) is 3.84. The first-order valence-corrected chi connectivity index (χ1v) is 6.20. The van der Waals surface area contributed by atoms with Gasteiger partial charge in [0.2, 0.25) is 0 Å². The van der Waals surface area contributed by atoms with E-state index in [0.29, 0.717) is 11.7 Å². The highest BCUT2D eigenvalue weighted by Gasteiger charge is 2.30. The predicted molar refractivity (Wildman–Crippen MR) is 59.2 cm³/mol. The lowest BCUT2D eigenvalue weighted by molar-refractivity contribution is -0.123. The van der Waals surface area contributed by atoms with Gasteiger partial charge in [-0.25, -0.2) is 0 Å². The van der Waals surface area contributed by atoms with E-state index < -0.39 is 0 Å². The zero-order valence-corrected chi connectivity index (χ0v) is 9.75. The highest BCUT2D eigenvalue weighted by Crippen LogP contribution is 2.35. The maximum Gasteiger partial charge on any atom is 0.137 e. The van der Waals surface area contributed by atoms with Crippen LogP contribution in [0.3, 0.4) is 0 Å². The summed E-state index contributed by atoms with van der Waals surface area (Å²) in [4.78, 5) is 11.8. The van der Waals surface area contributed by atoms with Crippen LogP contribution in [0.1, 0.15) is 46.5 Å². The fourth-order valence-corrected chi connectivity index (χ4v) is 3.11. The molecular formula is C11H20OS. The molecule has 1 aliphatic rings. The predicted octanol–water partition coefficient (Wildman–Crippen LogP) is 3.28. The van der Waals surface area contributed by atoms with Gasteiger partial charge in [-0.05, 0) is 18.6 Å². The van der Waals surface area contributed by atoms with Crippen LogP contribution in [0.4, 0.5) is 0 Å². The maximum atomic E-state index is 11.8. The number of hydrogen-bond donors (Lipinski definition) is 0. The van der Waals surface area contributed by atoms with Crippen molar-refractivity contribution in [3.05, 3.63) is 0 Å². The van der Waals surface area contributed by atoms with Gasteiger partial charge in [-0.2, -0.15) is 11.8 Å². The van der Waals surface area contributed by atoms with Gasteiger partial charge in [-0.15, -0.1) is 0 Å². The number of thioether (sulfide) groups is 1.